The van der Waals surface area contributed by atoms with Crippen LogP contribution in [-0.2, 0) is 0 Å². The van der Waals surface area contributed by atoms with E-state index in [1.807, 2.05) is 31.2 Å². The van der Waals surface area contributed by atoms with Crippen LogP contribution in [0.4, 0.5) is 16.2 Å². The molecule has 0 unspecified atom stereocenters. The molecule has 3 aromatic rings. The summed E-state index contributed by atoms with van der Waals surface area (Å²) in [6.45, 7) is 3.14. The second-order valence-corrected chi connectivity index (χ2v) is 5.96. The van der Waals surface area contributed by atoms with Gasteiger partial charge in [-0.15, -0.1) is 0 Å². The lowest BCUT2D eigenvalue weighted by atomic mass is 10.1. The highest BCUT2D eigenvalue weighted by Crippen LogP contribution is 2.28. The monoisotopic (exact) mass is 335 g/mol. The largest absolute Gasteiger partial charge is 0.336 e. The predicted molar refractivity (Wildman–Crippen MR) is 96.0 cm³/mol. The highest BCUT2D eigenvalue weighted by molar-refractivity contribution is 6.07. The van der Waals surface area contributed by atoms with E-state index in [0.717, 1.165) is 22.2 Å². The second-order valence-electron chi connectivity index (χ2n) is 5.96. The van der Waals surface area contributed by atoms with Crippen LogP contribution in [0.5, 0.6) is 0 Å². The van der Waals surface area contributed by atoms with Gasteiger partial charge in [-0.05, 0) is 42.8 Å². The van der Waals surface area contributed by atoms with E-state index in [0.29, 0.717) is 24.3 Å². The predicted octanol–water partition coefficient (Wildman–Crippen LogP) is 2.65. The fraction of sp³-hybridized carbons (Fsp3) is 0.167. The molecule has 0 atom stereocenters. The van der Waals surface area contributed by atoms with E-state index in [1.165, 1.54) is 0 Å². The number of hydrogen-bond donors (Lipinski definition) is 3. The van der Waals surface area contributed by atoms with Gasteiger partial charge in [0.1, 0.15) is 0 Å². The number of anilines is 2. The number of urea groups is 1. The fourth-order valence-electron chi connectivity index (χ4n) is 3.03. The molecule has 0 aliphatic carbocycles. The Hall–Kier alpha value is -3.35. The zero-order valence-electron chi connectivity index (χ0n) is 13.7. The molecule has 7 nitrogen and oxygen atoms in total. The molecule has 126 valence electrons. The summed E-state index contributed by atoms with van der Waals surface area (Å²) in [4.78, 5) is 26.2. The third kappa shape index (κ3) is 2.69. The van der Waals surface area contributed by atoms with Crippen molar-refractivity contribution in [2.24, 2.45) is 0 Å². The molecular weight excluding hydrogens is 318 g/mol. The molecule has 2 heterocycles. The first-order valence-electron chi connectivity index (χ1n) is 8.03. The van der Waals surface area contributed by atoms with Gasteiger partial charge in [0.2, 0.25) is 0 Å². The molecule has 25 heavy (non-hydrogen) atoms. The summed E-state index contributed by atoms with van der Waals surface area (Å²) in [5, 5.41) is 13.4. The number of rotatable bonds is 3. The number of nitrogens with zero attached hydrogens (tertiary/aromatic N) is 2. The van der Waals surface area contributed by atoms with Gasteiger partial charge in [0, 0.05) is 29.7 Å². The molecule has 1 aliphatic rings. The van der Waals surface area contributed by atoms with E-state index >= 15 is 0 Å². The topological polar surface area (TPSA) is 90.1 Å². The van der Waals surface area contributed by atoms with Crippen LogP contribution in [-0.4, -0.2) is 35.2 Å². The van der Waals surface area contributed by atoms with Gasteiger partial charge in [-0.2, -0.15) is 5.10 Å². The van der Waals surface area contributed by atoms with Crippen LogP contribution in [0, 0.1) is 6.92 Å². The van der Waals surface area contributed by atoms with E-state index in [1.54, 1.807) is 23.2 Å². The molecule has 1 saturated heterocycles. The average molecular weight is 335 g/mol. The van der Waals surface area contributed by atoms with E-state index in [9.17, 15) is 9.59 Å². The standard InChI is InChI=1S/C18H17N5O2/c1-11-14(3-2-4-16(11)23-8-7-19-18(23)25)21-17(24)12-5-6-15-13(9-12)10-20-22-15/h2-6,9-10H,7-8H2,1H3,(H,19,25)(H,20,22)(H,21,24). The van der Waals surface area contributed by atoms with E-state index in [-0.39, 0.29) is 11.9 Å². The van der Waals surface area contributed by atoms with Gasteiger partial charge in [0.25, 0.3) is 5.91 Å². The van der Waals surface area contributed by atoms with Crippen molar-refractivity contribution in [2.45, 2.75) is 6.92 Å². The SMILES string of the molecule is Cc1c(NC(=O)c2ccc3[nH]ncc3c2)cccc1N1CCNC1=O. The van der Waals surface area contributed by atoms with Crippen molar-refractivity contribution in [1.82, 2.24) is 15.5 Å². The maximum atomic E-state index is 12.6. The van der Waals surface area contributed by atoms with Crippen molar-refractivity contribution < 1.29 is 9.59 Å². The molecule has 0 radical (unpaired) electrons. The molecule has 1 aromatic heterocycles. The van der Waals surface area contributed by atoms with Crippen LogP contribution in [0.25, 0.3) is 10.9 Å². The van der Waals surface area contributed by atoms with Crippen LogP contribution < -0.4 is 15.5 Å². The number of hydrogen-bond acceptors (Lipinski definition) is 3. The van der Waals surface area contributed by atoms with Crippen LogP contribution in [0.3, 0.4) is 0 Å². The third-order valence-corrected chi connectivity index (χ3v) is 4.40. The number of nitrogens with one attached hydrogen (secondary N) is 3. The van der Waals surface area contributed by atoms with Crippen LogP contribution in [0.15, 0.2) is 42.6 Å². The number of carbonyl (C=O) groups excluding carboxylic acids is 2. The summed E-state index contributed by atoms with van der Waals surface area (Å²) in [5.74, 6) is -0.200. The van der Waals surface area contributed by atoms with Crippen molar-refractivity contribution in [1.29, 1.82) is 0 Å². The molecule has 0 spiro atoms. The first kappa shape index (κ1) is 15.2. The maximum Gasteiger partial charge on any atom is 0.322 e. The normalized spacial score (nSPS) is 14.0. The van der Waals surface area contributed by atoms with Gasteiger partial charge in [-0.25, -0.2) is 4.79 Å². The Morgan fingerprint density at radius 3 is 2.96 bits per heavy atom. The van der Waals surface area contributed by atoms with Gasteiger partial charge in [-0.1, -0.05) is 6.07 Å². The number of amides is 3. The molecule has 3 N–H and O–H groups in total. The first-order valence-corrected chi connectivity index (χ1v) is 8.03. The quantitative estimate of drug-likeness (QED) is 0.687. The maximum absolute atomic E-state index is 12.6. The number of H-pyrrole nitrogens is 1. The lowest BCUT2D eigenvalue weighted by molar-refractivity contribution is 0.102. The van der Waals surface area contributed by atoms with Crippen LogP contribution >= 0.6 is 0 Å². The van der Waals surface area contributed by atoms with Gasteiger partial charge >= 0.3 is 6.03 Å². The Labute approximate surface area is 144 Å². The highest BCUT2D eigenvalue weighted by atomic mass is 16.2. The summed E-state index contributed by atoms with van der Waals surface area (Å²) in [6, 6.07) is 10.8. The third-order valence-electron chi connectivity index (χ3n) is 4.40. The molecule has 4 rings (SSSR count). The van der Waals surface area contributed by atoms with E-state index in [2.05, 4.69) is 20.8 Å². The van der Waals surface area contributed by atoms with Crippen molar-refractivity contribution in [3.8, 4) is 0 Å². The second kappa shape index (κ2) is 5.94. The molecule has 7 heteroatoms. The minimum atomic E-state index is -0.200. The summed E-state index contributed by atoms with van der Waals surface area (Å²) in [5.41, 5.74) is 3.79. The average Bonchev–Trinajstić information content (AvgIpc) is 3.24. The number of fused-ring (bicyclic) bond motifs is 1. The Balaban J connectivity index is 1.61. The van der Waals surface area contributed by atoms with E-state index < -0.39 is 0 Å². The molecule has 1 aliphatic heterocycles. The molecule has 1 fully saturated rings. The molecule has 0 bridgehead atoms. The number of carbonyl (C=O) groups is 2. The van der Waals surface area contributed by atoms with Crippen molar-refractivity contribution >= 4 is 34.2 Å². The number of aromatic nitrogens is 2. The summed E-state index contributed by atoms with van der Waals surface area (Å²) in [7, 11) is 0. The lowest BCUT2D eigenvalue weighted by Gasteiger charge is -2.19. The fourth-order valence-corrected chi connectivity index (χ4v) is 3.03. The Bertz CT molecular complexity index is 979. The first-order chi connectivity index (χ1) is 12.1. The molecule has 2 aromatic carbocycles. The Kier molecular flexibility index (Phi) is 3.61. The summed E-state index contributed by atoms with van der Waals surface area (Å²) in [6.07, 6.45) is 1.68. The minimum absolute atomic E-state index is 0.114. The minimum Gasteiger partial charge on any atom is -0.336 e. The Morgan fingerprint density at radius 1 is 1.28 bits per heavy atom. The van der Waals surface area contributed by atoms with Gasteiger partial charge in [0.05, 0.1) is 17.4 Å². The summed E-state index contributed by atoms with van der Waals surface area (Å²) < 4.78 is 0. The summed E-state index contributed by atoms with van der Waals surface area (Å²) >= 11 is 0. The van der Waals surface area contributed by atoms with Crippen molar-refractivity contribution in [3.05, 3.63) is 53.7 Å². The van der Waals surface area contributed by atoms with Crippen molar-refractivity contribution in [2.75, 3.05) is 23.3 Å². The van der Waals surface area contributed by atoms with Crippen molar-refractivity contribution in [3.63, 3.8) is 0 Å². The van der Waals surface area contributed by atoms with Gasteiger partial charge < -0.3 is 10.6 Å². The zero-order valence-corrected chi connectivity index (χ0v) is 13.7. The zero-order chi connectivity index (χ0) is 17.4. The van der Waals surface area contributed by atoms with Crippen LogP contribution in [0.2, 0.25) is 0 Å². The highest BCUT2D eigenvalue weighted by Gasteiger charge is 2.23. The molecular formula is C18H17N5O2. The van der Waals surface area contributed by atoms with Crippen LogP contribution in [0.1, 0.15) is 15.9 Å². The smallest absolute Gasteiger partial charge is 0.322 e. The van der Waals surface area contributed by atoms with Gasteiger partial charge in [0.15, 0.2) is 0 Å². The number of aromatic amines is 1. The van der Waals surface area contributed by atoms with Gasteiger partial charge in [-0.3, -0.25) is 14.8 Å². The Morgan fingerprint density at radius 2 is 2.16 bits per heavy atom. The number of benzene rings is 2. The van der Waals surface area contributed by atoms with E-state index in [4.69, 9.17) is 0 Å². The molecule has 3 amide bonds. The molecule has 0 saturated carbocycles. The lowest BCUT2D eigenvalue weighted by Crippen LogP contribution is -2.28.